The van der Waals surface area contributed by atoms with Crippen molar-refractivity contribution in [3.63, 3.8) is 0 Å². The third kappa shape index (κ3) is 4.09. The van der Waals surface area contributed by atoms with Gasteiger partial charge in [-0.1, -0.05) is 63.2 Å². The number of nitrogens with zero attached hydrogens (tertiary/aromatic N) is 2. The van der Waals surface area contributed by atoms with Crippen molar-refractivity contribution in [1.29, 1.82) is 0 Å². The van der Waals surface area contributed by atoms with Crippen LogP contribution in [-0.2, 0) is 26.6 Å². The first-order valence-corrected chi connectivity index (χ1v) is 11.9. The average molecular weight is 413 g/mol. The molecule has 1 amide bonds. The first-order chi connectivity index (χ1) is 13.6. The van der Waals surface area contributed by atoms with Gasteiger partial charge in [-0.25, -0.2) is 8.42 Å². The van der Waals surface area contributed by atoms with Gasteiger partial charge in [0.15, 0.2) is 9.84 Å². The number of hydrogen-bond acceptors (Lipinski definition) is 4. The molecule has 0 aliphatic carbocycles. The fourth-order valence-electron chi connectivity index (χ4n) is 4.41. The zero-order chi connectivity index (χ0) is 20.8. The number of benzene rings is 2. The van der Waals surface area contributed by atoms with Gasteiger partial charge in [0.2, 0.25) is 5.91 Å². The zero-order valence-electron chi connectivity index (χ0n) is 17.2. The van der Waals surface area contributed by atoms with Crippen LogP contribution in [0.3, 0.4) is 0 Å². The van der Waals surface area contributed by atoms with E-state index in [2.05, 4.69) is 20.8 Å². The number of anilines is 1. The highest BCUT2D eigenvalue weighted by molar-refractivity contribution is 7.91. The molecule has 0 saturated carbocycles. The van der Waals surface area contributed by atoms with Crippen molar-refractivity contribution >= 4 is 21.4 Å². The molecule has 0 unspecified atom stereocenters. The fourth-order valence-corrected chi connectivity index (χ4v) is 6.39. The molecular formula is C23H28N2O3S. The van der Waals surface area contributed by atoms with Gasteiger partial charge >= 0.3 is 0 Å². The van der Waals surface area contributed by atoms with E-state index in [1.807, 2.05) is 59.5 Å². The van der Waals surface area contributed by atoms with E-state index in [0.717, 1.165) is 11.3 Å². The number of carbonyl (C=O) groups excluding carboxylic acids is 1. The molecule has 154 valence electrons. The van der Waals surface area contributed by atoms with Crippen LogP contribution in [0.25, 0.3) is 0 Å². The average Bonchev–Trinajstić information content (AvgIpc) is 2.97. The molecule has 2 aliphatic heterocycles. The standard InChI is InChI=1S/C23H28N2O3S/c1-23(2,3)18-9-11-19(12-10-18)25-21-16-29(27,28)15-20(21)24(14-22(25)26)13-17-7-5-4-6-8-17/h4-12,20-21H,13-16H2,1-3H3/t20-,21+/m0/s1. The van der Waals surface area contributed by atoms with Gasteiger partial charge < -0.3 is 4.90 Å². The van der Waals surface area contributed by atoms with Crippen LogP contribution in [0.4, 0.5) is 5.69 Å². The van der Waals surface area contributed by atoms with E-state index in [1.54, 1.807) is 4.90 Å². The summed E-state index contributed by atoms with van der Waals surface area (Å²) in [5, 5.41) is 0. The molecule has 29 heavy (non-hydrogen) atoms. The molecule has 4 rings (SSSR count). The Hall–Kier alpha value is -2.18. The molecule has 0 radical (unpaired) electrons. The summed E-state index contributed by atoms with van der Waals surface area (Å²) in [5.74, 6) is 0.0900. The lowest BCUT2D eigenvalue weighted by atomic mass is 9.87. The van der Waals surface area contributed by atoms with E-state index in [4.69, 9.17) is 0 Å². The predicted molar refractivity (Wildman–Crippen MR) is 116 cm³/mol. The topological polar surface area (TPSA) is 57.7 Å². The van der Waals surface area contributed by atoms with Gasteiger partial charge in [0.1, 0.15) is 0 Å². The van der Waals surface area contributed by atoms with Crippen LogP contribution in [0.5, 0.6) is 0 Å². The van der Waals surface area contributed by atoms with E-state index < -0.39 is 9.84 Å². The maximum Gasteiger partial charge on any atom is 0.241 e. The van der Waals surface area contributed by atoms with Gasteiger partial charge in [-0.05, 0) is 28.7 Å². The van der Waals surface area contributed by atoms with Crippen molar-refractivity contribution in [2.75, 3.05) is 23.0 Å². The van der Waals surface area contributed by atoms with E-state index in [0.29, 0.717) is 6.54 Å². The molecule has 2 atom stereocenters. The SMILES string of the molecule is CC(C)(C)c1ccc(N2C(=O)CN(Cc3ccccc3)[C@H]3CS(=O)(=O)C[C@H]32)cc1. The van der Waals surface area contributed by atoms with Gasteiger partial charge in [0.25, 0.3) is 0 Å². The molecule has 2 aliphatic rings. The summed E-state index contributed by atoms with van der Waals surface area (Å²) < 4.78 is 25.0. The number of hydrogen-bond donors (Lipinski definition) is 0. The Morgan fingerprint density at radius 1 is 0.931 bits per heavy atom. The molecule has 2 heterocycles. The van der Waals surface area contributed by atoms with Crippen molar-refractivity contribution in [3.05, 3.63) is 65.7 Å². The van der Waals surface area contributed by atoms with Crippen LogP contribution in [0.15, 0.2) is 54.6 Å². The third-order valence-corrected chi connectivity index (χ3v) is 7.64. The molecule has 0 N–H and O–H groups in total. The van der Waals surface area contributed by atoms with Crippen LogP contribution < -0.4 is 4.90 Å². The Morgan fingerprint density at radius 3 is 2.17 bits per heavy atom. The van der Waals surface area contributed by atoms with Crippen molar-refractivity contribution in [2.45, 2.75) is 44.8 Å². The summed E-state index contributed by atoms with van der Waals surface area (Å²) in [6, 6.07) is 17.4. The molecule has 2 aromatic rings. The van der Waals surface area contributed by atoms with Gasteiger partial charge in [-0.2, -0.15) is 0 Å². The fraction of sp³-hybridized carbons (Fsp3) is 0.435. The zero-order valence-corrected chi connectivity index (χ0v) is 18.0. The summed E-state index contributed by atoms with van der Waals surface area (Å²) in [4.78, 5) is 16.9. The summed E-state index contributed by atoms with van der Waals surface area (Å²) in [5.41, 5.74) is 3.09. The number of carbonyl (C=O) groups is 1. The maximum atomic E-state index is 13.1. The lowest BCUT2D eigenvalue weighted by molar-refractivity contribution is -0.123. The van der Waals surface area contributed by atoms with Gasteiger partial charge in [-0.3, -0.25) is 9.69 Å². The van der Waals surface area contributed by atoms with E-state index in [-0.39, 0.29) is 41.5 Å². The third-order valence-electron chi connectivity index (χ3n) is 5.94. The number of fused-ring (bicyclic) bond motifs is 1. The molecule has 2 fully saturated rings. The second-order valence-electron chi connectivity index (χ2n) is 9.16. The Labute approximate surface area is 173 Å². The minimum atomic E-state index is -3.19. The Bertz CT molecular complexity index is 995. The van der Waals surface area contributed by atoms with Crippen molar-refractivity contribution in [2.24, 2.45) is 0 Å². The van der Waals surface area contributed by atoms with Crippen LogP contribution in [0.1, 0.15) is 31.9 Å². The summed E-state index contributed by atoms with van der Waals surface area (Å²) >= 11 is 0. The van der Waals surface area contributed by atoms with Crippen LogP contribution in [0.2, 0.25) is 0 Å². The molecule has 5 nitrogen and oxygen atoms in total. The first kappa shape index (κ1) is 20.1. The normalized spacial score (nSPS) is 24.5. The van der Waals surface area contributed by atoms with Crippen LogP contribution in [-0.4, -0.2) is 49.4 Å². The summed E-state index contributed by atoms with van der Waals surface area (Å²) in [6.07, 6.45) is 0. The maximum absolute atomic E-state index is 13.1. The van der Waals surface area contributed by atoms with E-state index in [1.165, 1.54) is 5.56 Å². The minimum absolute atomic E-state index is 0.0235. The summed E-state index contributed by atoms with van der Waals surface area (Å²) in [6.45, 7) is 7.26. The number of piperazine rings is 1. The highest BCUT2D eigenvalue weighted by Crippen LogP contribution is 2.33. The summed E-state index contributed by atoms with van der Waals surface area (Å²) in [7, 11) is -3.19. The second kappa shape index (κ2) is 7.26. The minimum Gasteiger partial charge on any atom is -0.306 e. The molecule has 0 spiro atoms. The van der Waals surface area contributed by atoms with Crippen molar-refractivity contribution in [1.82, 2.24) is 4.90 Å². The van der Waals surface area contributed by atoms with E-state index in [9.17, 15) is 13.2 Å². The predicted octanol–water partition coefficient (Wildman–Crippen LogP) is 3.00. The molecule has 0 aromatic heterocycles. The monoisotopic (exact) mass is 412 g/mol. The first-order valence-electron chi connectivity index (χ1n) is 10.0. The van der Waals surface area contributed by atoms with Crippen molar-refractivity contribution < 1.29 is 13.2 Å². The second-order valence-corrected chi connectivity index (χ2v) is 11.3. The largest absolute Gasteiger partial charge is 0.306 e. The number of rotatable bonds is 3. The quantitative estimate of drug-likeness (QED) is 0.778. The molecular weight excluding hydrogens is 384 g/mol. The molecule has 6 heteroatoms. The van der Waals surface area contributed by atoms with Crippen molar-refractivity contribution in [3.8, 4) is 0 Å². The smallest absolute Gasteiger partial charge is 0.241 e. The lowest BCUT2D eigenvalue weighted by Gasteiger charge is -2.43. The molecule has 2 aromatic carbocycles. The van der Waals surface area contributed by atoms with E-state index >= 15 is 0 Å². The molecule has 2 saturated heterocycles. The Balaban J connectivity index is 1.64. The number of sulfone groups is 1. The van der Waals surface area contributed by atoms with Crippen LogP contribution >= 0.6 is 0 Å². The number of amides is 1. The lowest BCUT2D eigenvalue weighted by Crippen LogP contribution is -2.61. The van der Waals surface area contributed by atoms with Crippen LogP contribution in [0, 0.1) is 0 Å². The van der Waals surface area contributed by atoms with Gasteiger partial charge in [0.05, 0.1) is 24.1 Å². The van der Waals surface area contributed by atoms with Gasteiger partial charge in [0, 0.05) is 18.3 Å². The highest BCUT2D eigenvalue weighted by atomic mass is 32.2. The molecule has 0 bridgehead atoms. The highest BCUT2D eigenvalue weighted by Gasteiger charge is 2.49. The Kier molecular flexibility index (Phi) is 5.03. The van der Waals surface area contributed by atoms with Gasteiger partial charge in [-0.15, -0.1) is 0 Å². The Morgan fingerprint density at radius 2 is 1.55 bits per heavy atom.